The van der Waals surface area contributed by atoms with Gasteiger partial charge in [-0.15, -0.1) is 0 Å². The molecule has 1 atom stereocenters. The average Bonchev–Trinajstić information content (AvgIpc) is 2.38. The Morgan fingerprint density at radius 3 is 1.89 bits per heavy atom. The summed E-state index contributed by atoms with van der Waals surface area (Å²) >= 11 is 0. The molecule has 1 aromatic carbocycles. The molecular weight excluding hydrogens is 277 g/mol. The van der Waals surface area contributed by atoms with Gasteiger partial charge in [-0.25, -0.2) is 26.7 Å². The largest absolute Gasteiger partial charge is 0.479 e. The van der Waals surface area contributed by atoms with E-state index in [1.807, 2.05) is 5.32 Å². The molecule has 1 aromatic rings. The Morgan fingerprint density at radius 2 is 1.53 bits per heavy atom. The van der Waals surface area contributed by atoms with Crippen LogP contribution in [0.5, 0.6) is 0 Å². The number of carboxylic acid groups (broad SMARTS) is 1. The van der Waals surface area contributed by atoms with Gasteiger partial charge >= 0.3 is 5.97 Å². The van der Waals surface area contributed by atoms with Crippen molar-refractivity contribution in [1.29, 1.82) is 0 Å². The molecule has 0 aliphatic heterocycles. The Hall–Kier alpha value is -1.90. The molecule has 0 saturated carbocycles. The van der Waals surface area contributed by atoms with Gasteiger partial charge in [-0.3, -0.25) is 0 Å². The molecule has 0 bridgehead atoms. The van der Waals surface area contributed by atoms with E-state index in [9.17, 15) is 26.7 Å². The molecule has 106 valence electrons. The van der Waals surface area contributed by atoms with Gasteiger partial charge in [0, 0.05) is 7.11 Å². The summed E-state index contributed by atoms with van der Waals surface area (Å²) in [6.07, 6.45) is -1.50. The number of carbonyl (C=O) groups is 1. The summed E-state index contributed by atoms with van der Waals surface area (Å²) in [6, 6.07) is 0. The quantitative estimate of drug-likeness (QED) is 0.493. The van der Waals surface area contributed by atoms with Crippen molar-refractivity contribution in [3.63, 3.8) is 0 Å². The molecule has 0 amide bonds. The second-order valence-corrected chi connectivity index (χ2v) is 3.39. The first-order valence-electron chi connectivity index (χ1n) is 4.82. The van der Waals surface area contributed by atoms with Crippen LogP contribution in [0.3, 0.4) is 0 Å². The van der Waals surface area contributed by atoms with E-state index in [0.29, 0.717) is 0 Å². The molecule has 4 nitrogen and oxygen atoms in total. The van der Waals surface area contributed by atoms with Crippen molar-refractivity contribution in [2.75, 3.05) is 19.0 Å². The first-order chi connectivity index (χ1) is 8.81. The summed E-state index contributed by atoms with van der Waals surface area (Å²) < 4.78 is 69.2. The number of halogens is 5. The molecular formula is C10H8F5NO3. The van der Waals surface area contributed by atoms with E-state index in [1.54, 1.807) is 0 Å². The van der Waals surface area contributed by atoms with Gasteiger partial charge in [-0.2, -0.15) is 0 Å². The Kier molecular flexibility index (Phi) is 4.65. The lowest BCUT2D eigenvalue weighted by molar-refractivity contribution is -0.147. The summed E-state index contributed by atoms with van der Waals surface area (Å²) in [6.45, 7) is -0.676. The van der Waals surface area contributed by atoms with E-state index in [4.69, 9.17) is 5.11 Å². The fraction of sp³-hybridized carbons (Fsp3) is 0.300. The summed E-state index contributed by atoms with van der Waals surface area (Å²) in [4.78, 5) is 10.5. The molecule has 0 heterocycles. The Labute approximate surface area is 103 Å². The third-order valence-corrected chi connectivity index (χ3v) is 2.23. The van der Waals surface area contributed by atoms with Crippen LogP contribution < -0.4 is 5.32 Å². The summed E-state index contributed by atoms with van der Waals surface area (Å²) in [7, 11) is 1.01. The van der Waals surface area contributed by atoms with Gasteiger partial charge in [0.05, 0.1) is 6.54 Å². The highest BCUT2D eigenvalue weighted by atomic mass is 19.2. The second kappa shape index (κ2) is 5.83. The van der Waals surface area contributed by atoms with Crippen molar-refractivity contribution < 1.29 is 36.6 Å². The third-order valence-electron chi connectivity index (χ3n) is 2.23. The first-order valence-corrected chi connectivity index (χ1v) is 4.82. The number of carboxylic acids is 1. The number of nitrogens with one attached hydrogen (secondary N) is 1. The van der Waals surface area contributed by atoms with E-state index in [1.165, 1.54) is 0 Å². The zero-order valence-corrected chi connectivity index (χ0v) is 9.44. The first kappa shape index (κ1) is 15.2. The van der Waals surface area contributed by atoms with Gasteiger partial charge in [0.15, 0.2) is 29.4 Å². The van der Waals surface area contributed by atoms with Crippen LogP contribution in [0.1, 0.15) is 0 Å². The lowest BCUT2D eigenvalue weighted by atomic mass is 10.2. The standard InChI is InChI=1S/C10H8F5NO3/c1-19-3(10(17)18)2-16-9-7(14)5(12)4(11)6(13)8(9)15/h3,16H,2H2,1H3,(H,17,18). The van der Waals surface area contributed by atoms with E-state index < -0.39 is 53.4 Å². The number of ether oxygens (including phenoxy) is 1. The Morgan fingerprint density at radius 1 is 1.11 bits per heavy atom. The molecule has 0 aliphatic rings. The van der Waals surface area contributed by atoms with Crippen LogP contribution in [0.4, 0.5) is 27.6 Å². The van der Waals surface area contributed by atoms with E-state index >= 15 is 0 Å². The third kappa shape index (κ3) is 2.92. The summed E-state index contributed by atoms with van der Waals surface area (Å²) in [5.74, 6) is -12.1. The van der Waals surface area contributed by atoms with Crippen LogP contribution in [0, 0.1) is 29.1 Å². The van der Waals surface area contributed by atoms with Crippen molar-refractivity contribution in [2.24, 2.45) is 0 Å². The van der Waals surface area contributed by atoms with Gasteiger partial charge in [-0.05, 0) is 0 Å². The van der Waals surface area contributed by atoms with Crippen LogP contribution >= 0.6 is 0 Å². The maximum atomic E-state index is 13.2. The van der Waals surface area contributed by atoms with E-state index in [0.717, 1.165) is 7.11 Å². The fourth-order valence-corrected chi connectivity index (χ4v) is 1.23. The highest BCUT2D eigenvalue weighted by Crippen LogP contribution is 2.27. The molecule has 9 heteroatoms. The minimum absolute atomic E-state index is 0.676. The fourth-order valence-electron chi connectivity index (χ4n) is 1.23. The maximum absolute atomic E-state index is 13.2. The monoisotopic (exact) mass is 285 g/mol. The van der Waals surface area contributed by atoms with Crippen LogP contribution in [0.15, 0.2) is 0 Å². The second-order valence-electron chi connectivity index (χ2n) is 3.39. The zero-order chi connectivity index (χ0) is 14.7. The van der Waals surface area contributed by atoms with Crippen LogP contribution in [-0.2, 0) is 9.53 Å². The van der Waals surface area contributed by atoms with Crippen molar-refractivity contribution in [1.82, 2.24) is 0 Å². The highest BCUT2D eigenvalue weighted by Gasteiger charge is 2.26. The van der Waals surface area contributed by atoms with Crippen molar-refractivity contribution in [3.05, 3.63) is 29.1 Å². The number of benzene rings is 1. The molecule has 0 aromatic heterocycles. The zero-order valence-electron chi connectivity index (χ0n) is 9.44. The average molecular weight is 285 g/mol. The van der Waals surface area contributed by atoms with Crippen LogP contribution in [0.25, 0.3) is 0 Å². The number of hydrogen-bond acceptors (Lipinski definition) is 3. The predicted octanol–water partition coefficient (Wildman–Crippen LogP) is 1.89. The molecule has 0 spiro atoms. The van der Waals surface area contributed by atoms with Gasteiger partial charge < -0.3 is 15.2 Å². The van der Waals surface area contributed by atoms with Crippen molar-refractivity contribution >= 4 is 11.7 Å². The minimum Gasteiger partial charge on any atom is -0.479 e. The maximum Gasteiger partial charge on any atom is 0.334 e. The van der Waals surface area contributed by atoms with Crippen molar-refractivity contribution in [3.8, 4) is 0 Å². The van der Waals surface area contributed by atoms with Gasteiger partial charge in [-0.1, -0.05) is 0 Å². The number of aliphatic carboxylic acids is 1. The SMILES string of the molecule is COC(CNc1c(F)c(F)c(F)c(F)c1F)C(=O)O. The van der Waals surface area contributed by atoms with Gasteiger partial charge in [0.1, 0.15) is 5.69 Å². The Bertz CT molecular complexity index is 479. The van der Waals surface area contributed by atoms with Crippen LogP contribution in [-0.4, -0.2) is 30.8 Å². The molecule has 0 radical (unpaired) electrons. The summed E-state index contributed by atoms with van der Waals surface area (Å²) in [5, 5.41) is 10.4. The number of rotatable bonds is 5. The topological polar surface area (TPSA) is 58.6 Å². The molecule has 1 unspecified atom stereocenters. The highest BCUT2D eigenvalue weighted by molar-refractivity contribution is 5.73. The van der Waals surface area contributed by atoms with Gasteiger partial charge in [0.25, 0.3) is 0 Å². The van der Waals surface area contributed by atoms with Crippen LogP contribution in [0.2, 0.25) is 0 Å². The smallest absolute Gasteiger partial charge is 0.334 e. The molecule has 2 N–H and O–H groups in total. The lowest BCUT2D eigenvalue weighted by Crippen LogP contribution is -2.31. The number of methoxy groups -OCH3 is 1. The number of hydrogen-bond donors (Lipinski definition) is 2. The predicted molar refractivity (Wildman–Crippen MR) is 53.2 cm³/mol. The van der Waals surface area contributed by atoms with E-state index in [-0.39, 0.29) is 0 Å². The lowest BCUT2D eigenvalue weighted by Gasteiger charge is -2.14. The molecule has 0 aliphatic carbocycles. The van der Waals surface area contributed by atoms with Gasteiger partial charge in [0.2, 0.25) is 5.82 Å². The summed E-state index contributed by atoms with van der Waals surface area (Å²) in [5.41, 5.74) is -1.31. The minimum atomic E-state index is -2.29. The normalized spacial score (nSPS) is 12.3. The molecule has 0 saturated heterocycles. The number of anilines is 1. The van der Waals surface area contributed by atoms with Crippen molar-refractivity contribution in [2.45, 2.75) is 6.10 Å². The van der Waals surface area contributed by atoms with E-state index in [2.05, 4.69) is 4.74 Å². The molecule has 19 heavy (non-hydrogen) atoms. The molecule has 0 fully saturated rings. The molecule has 1 rings (SSSR count). The Balaban J connectivity index is 3.05.